The Morgan fingerprint density at radius 2 is 2.08 bits per heavy atom. The summed E-state index contributed by atoms with van der Waals surface area (Å²) in [7, 11) is 0. The summed E-state index contributed by atoms with van der Waals surface area (Å²) in [5, 5.41) is 0. The third-order valence-corrected chi connectivity index (χ3v) is 2.69. The molecular formula is C12H16O. The molecular weight excluding hydrogens is 160 g/mol. The first kappa shape index (κ1) is 8.61. The fourth-order valence-electron chi connectivity index (χ4n) is 1.81. The monoisotopic (exact) mass is 176 g/mol. The van der Waals surface area contributed by atoms with E-state index in [4.69, 9.17) is 4.74 Å². The summed E-state index contributed by atoms with van der Waals surface area (Å²) in [5.74, 6) is 1.71. The van der Waals surface area contributed by atoms with Crippen LogP contribution in [0.1, 0.15) is 25.8 Å². The van der Waals surface area contributed by atoms with E-state index >= 15 is 0 Å². The van der Waals surface area contributed by atoms with E-state index in [1.54, 1.807) is 0 Å². The highest BCUT2D eigenvalue weighted by molar-refractivity contribution is 5.35. The molecule has 13 heavy (non-hydrogen) atoms. The van der Waals surface area contributed by atoms with Gasteiger partial charge in [-0.2, -0.15) is 0 Å². The van der Waals surface area contributed by atoms with Crippen molar-refractivity contribution in [3.8, 4) is 5.75 Å². The van der Waals surface area contributed by atoms with Crippen molar-refractivity contribution in [3.05, 3.63) is 29.8 Å². The van der Waals surface area contributed by atoms with Crippen LogP contribution in [0.2, 0.25) is 0 Å². The van der Waals surface area contributed by atoms with Crippen molar-refractivity contribution in [2.45, 2.75) is 32.8 Å². The first-order valence-corrected chi connectivity index (χ1v) is 5.02. The molecule has 1 heteroatoms. The van der Waals surface area contributed by atoms with E-state index in [0.717, 1.165) is 12.2 Å². The molecule has 0 aliphatic carbocycles. The van der Waals surface area contributed by atoms with Crippen LogP contribution >= 0.6 is 0 Å². The fourth-order valence-corrected chi connectivity index (χ4v) is 1.81. The number of aryl methyl sites for hydroxylation is 1. The smallest absolute Gasteiger partial charge is 0.122 e. The number of ether oxygens (including phenoxy) is 1. The zero-order valence-electron chi connectivity index (χ0n) is 8.29. The van der Waals surface area contributed by atoms with Gasteiger partial charge in [-0.05, 0) is 30.4 Å². The Bertz CT molecular complexity index is 291. The molecule has 1 aliphatic heterocycles. The van der Waals surface area contributed by atoms with E-state index in [1.165, 1.54) is 12.0 Å². The highest BCUT2D eigenvalue weighted by atomic mass is 16.5. The van der Waals surface area contributed by atoms with Crippen molar-refractivity contribution < 1.29 is 4.74 Å². The maximum Gasteiger partial charge on any atom is 0.122 e. The van der Waals surface area contributed by atoms with Crippen LogP contribution < -0.4 is 4.74 Å². The lowest BCUT2D eigenvalue weighted by Crippen LogP contribution is -2.27. The molecule has 0 aromatic heterocycles. The van der Waals surface area contributed by atoms with Crippen molar-refractivity contribution in [3.63, 3.8) is 0 Å². The van der Waals surface area contributed by atoms with Gasteiger partial charge < -0.3 is 4.74 Å². The molecule has 1 aromatic rings. The Kier molecular flexibility index (Phi) is 2.26. The van der Waals surface area contributed by atoms with Crippen molar-refractivity contribution in [2.24, 2.45) is 5.92 Å². The maximum absolute atomic E-state index is 5.89. The minimum absolute atomic E-state index is 0.412. The molecule has 0 amide bonds. The average Bonchev–Trinajstić information content (AvgIpc) is 2.17. The molecule has 0 saturated heterocycles. The number of fused-ring (bicyclic) bond motifs is 1. The van der Waals surface area contributed by atoms with Gasteiger partial charge in [0.25, 0.3) is 0 Å². The van der Waals surface area contributed by atoms with E-state index in [1.807, 2.05) is 6.07 Å². The lowest BCUT2D eigenvalue weighted by Gasteiger charge is -2.28. The minimum Gasteiger partial charge on any atom is -0.490 e. The largest absolute Gasteiger partial charge is 0.490 e. The van der Waals surface area contributed by atoms with E-state index in [-0.39, 0.29) is 0 Å². The summed E-state index contributed by atoms with van der Waals surface area (Å²) in [4.78, 5) is 0. The van der Waals surface area contributed by atoms with Crippen LogP contribution in [-0.2, 0) is 6.42 Å². The van der Waals surface area contributed by atoms with Crippen molar-refractivity contribution in [1.29, 1.82) is 0 Å². The zero-order valence-corrected chi connectivity index (χ0v) is 8.29. The summed E-state index contributed by atoms with van der Waals surface area (Å²) < 4.78 is 5.89. The number of benzene rings is 1. The lowest BCUT2D eigenvalue weighted by atomic mass is 9.96. The molecule has 1 atom stereocenters. The molecule has 0 N–H and O–H groups in total. The SMILES string of the molecule is CC(C)[C@@H]1CCc2ccccc2O1. The summed E-state index contributed by atoms with van der Waals surface area (Å²) in [6.07, 6.45) is 2.74. The van der Waals surface area contributed by atoms with Crippen molar-refractivity contribution in [1.82, 2.24) is 0 Å². The van der Waals surface area contributed by atoms with Crippen LogP contribution in [0.15, 0.2) is 24.3 Å². The number of para-hydroxylation sites is 1. The molecule has 0 unspecified atom stereocenters. The summed E-state index contributed by atoms with van der Waals surface area (Å²) in [6.45, 7) is 4.44. The van der Waals surface area contributed by atoms with Gasteiger partial charge in [0.15, 0.2) is 0 Å². The van der Waals surface area contributed by atoms with Gasteiger partial charge in [0, 0.05) is 0 Å². The second-order valence-corrected chi connectivity index (χ2v) is 4.05. The number of hydrogen-bond acceptors (Lipinski definition) is 1. The zero-order chi connectivity index (χ0) is 9.26. The second kappa shape index (κ2) is 3.41. The van der Waals surface area contributed by atoms with Gasteiger partial charge in [0.2, 0.25) is 0 Å². The number of rotatable bonds is 1. The van der Waals surface area contributed by atoms with E-state index in [0.29, 0.717) is 12.0 Å². The van der Waals surface area contributed by atoms with Gasteiger partial charge in [0.05, 0.1) is 0 Å². The summed E-state index contributed by atoms with van der Waals surface area (Å²) in [6, 6.07) is 8.36. The molecule has 1 aromatic carbocycles. The van der Waals surface area contributed by atoms with E-state index in [9.17, 15) is 0 Å². The lowest BCUT2D eigenvalue weighted by molar-refractivity contribution is 0.127. The quantitative estimate of drug-likeness (QED) is 0.639. The molecule has 1 aliphatic rings. The average molecular weight is 176 g/mol. The second-order valence-electron chi connectivity index (χ2n) is 4.05. The first-order valence-electron chi connectivity index (χ1n) is 5.02. The van der Waals surface area contributed by atoms with Gasteiger partial charge >= 0.3 is 0 Å². The Labute approximate surface area is 79.7 Å². The minimum atomic E-state index is 0.412. The van der Waals surface area contributed by atoms with Crippen molar-refractivity contribution in [2.75, 3.05) is 0 Å². The Hall–Kier alpha value is -0.980. The molecule has 1 heterocycles. The highest BCUT2D eigenvalue weighted by Crippen LogP contribution is 2.29. The first-order chi connectivity index (χ1) is 6.27. The third kappa shape index (κ3) is 1.69. The van der Waals surface area contributed by atoms with Crippen LogP contribution in [0.3, 0.4) is 0 Å². The van der Waals surface area contributed by atoms with Gasteiger partial charge in [-0.3, -0.25) is 0 Å². The molecule has 0 spiro atoms. The van der Waals surface area contributed by atoms with Gasteiger partial charge in [0.1, 0.15) is 11.9 Å². The number of hydrogen-bond donors (Lipinski definition) is 0. The molecule has 0 saturated carbocycles. The van der Waals surface area contributed by atoms with Crippen LogP contribution in [0.5, 0.6) is 5.75 Å². The van der Waals surface area contributed by atoms with Crippen LogP contribution in [-0.4, -0.2) is 6.10 Å². The van der Waals surface area contributed by atoms with Crippen LogP contribution in [0.25, 0.3) is 0 Å². The maximum atomic E-state index is 5.89. The van der Waals surface area contributed by atoms with Crippen LogP contribution in [0.4, 0.5) is 0 Å². The predicted molar refractivity (Wildman–Crippen MR) is 54.0 cm³/mol. The van der Waals surface area contributed by atoms with Crippen molar-refractivity contribution >= 4 is 0 Å². The van der Waals surface area contributed by atoms with E-state index in [2.05, 4.69) is 32.0 Å². The van der Waals surface area contributed by atoms with Gasteiger partial charge in [-0.1, -0.05) is 32.0 Å². The Morgan fingerprint density at radius 1 is 1.31 bits per heavy atom. The molecule has 1 nitrogen and oxygen atoms in total. The topological polar surface area (TPSA) is 9.23 Å². The molecule has 0 radical (unpaired) electrons. The Balaban J connectivity index is 2.20. The van der Waals surface area contributed by atoms with Gasteiger partial charge in [-0.25, -0.2) is 0 Å². The van der Waals surface area contributed by atoms with Gasteiger partial charge in [-0.15, -0.1) is 0 Å². The normalized spacial score (nSPS) is 21.0. The predicted octanol–water partition coefficient (Wildman–Crippen LogP) is 3.04. The molecule has 0 fully saturated rings. The molecule has 0 bridgehead atoms. The standard InChI is InChI=1S/C12H16O/c1-9(2)11-8-7-10-5-3-4-6-12(10)13-11/h3-6,9,11H,7-8H2,1-2H3/t11-/m0/s1. The summed E-state index contributed by atoms with van der Waals surface area (Å²) in [5.41, 5.74) is 1.36. The molecule has 70 valence electrons. The molecule has 2 rings (SSSR count). The highest BCUT2D eigenvalue weighted by Gasteiger charge is 2.21. The summed E-state index contributed by atoms with van der Waals surface area (Å²) >= 11 is 0. The third-order valence-electron chi connectivity index (χ3n) is 2.69. The van der Waals surface area contributed by atoms with E-state index < -0.39 is 0 Å². The van der Waals surface area contributed by atoms with Crippen LogP contribution in [0, 0.1) is 5.92 Å². The fraction of sp³-hybridized carbons (Fsp3) is 0.500. The Morgan fingerprint density at radius 3 is 2.85 bits per heavy atom.